The molecule has 8 heavy (non-hydrogen) atoms. The van der Waals surface area contributed by atoms with Crippen LogP contribution in [0.2, 0.25) is 0 Å². The van der Waals surface area contributed by atoms with Crippen LogP contribution in [0.25, 0.3) is 0 Å². The summed E-state index contributed by atoms with van der Waals surface area (Å²) in [7, 11) is 0. The largest absolute Gasteiger partial charge is 0.263 e. The Morgan fingerprint density at radius 2 is 2.62 bits per heavy atom. The van der Waals surface area contributed by atoms with Crippen molar-refractivity contribution >= 4 is 18.1 Å². The minimum Gasteiger partial charge on any atom is -0.263 e. The van der Waals surface area contributed by atoms with E-state index >= 15 is 0 Å². The number of rotatable bonds is 1. The quantitative estimate of drug-likeness (QED) is 0.373. The molecule has 0 fully saturated rings. The second-order valence-corrected chi connectivity index (χ2v) is 2.30. The van der Waals surface area contributed by atoms with Crippen LogP contribution in [0, 0.1) is 0 Å². The monoisotopic (exact) mass is 133 g/mol. The molecule has 0 atom stereocenters. The highest BCUT2D eigenvalue weighted by atomic mass is 35.5. The summed E-state index contributed by atoms with van der Waals surface area (Å²) in [5, 5.41) is 0. The van der Waals surface area contributed by atoms with Gasteiger partial charge in [0.1, 0.15) is 24.9 Å². The lowest BCUT2D eigenvalue weighted by Gasteiger charge is -1.87. The van der Waals surface area contributed by atoms with Crippen LogP contribution in [0.1, 0.15) is 6.92 Å². The van der Waals surface area contributed by atoms with E-state index in [4.69, 9.17) is 11.8 Å². The van der Waals surface area contributed by atoms with E-state index in [9.17, 15) is 0 Å². The van der Waals surface area contributed by atoms with Crippen LogP contribution >= 0.6 is 11.8 Å². The zero-order chi connectivity index (χ0) is 5.98. The van der Waals surface area contributed by atoms with Gasteiger partial charge in [0.05, 0.1) is 6.54 Å². The summed E-state index contributed by atoms with van der Waals surface area (Å²) in [6.07, 6.45) is 1.93. The van der Waals surface area contributed by atoms with Crippen LogP contribution in [0.5, 0.6) is 0 Å². The van der Waals surface area contributed by atoms with Crippen molar-refractivity contribution in [1.29, 1.82) is 0 Å². The third-order valence-electron chi connectivity index (χ3n) is 1.30. The molecule has 46 valence electrons. The molecule has 0 spiro atoms. The van der Waals surface area contributed by atoms with E-state index in [1.807, 2.05) is 6.34 Å². The number of nitrogens with zero attached hydrogens (tertiary/aromatic N) is 2. The van der Waals surface area contributed by atoms with Crippen molar-refractivity contribution in [3.05, 3.63) is 0 Å². The van der Waals surface area contributed by atoms with E-state index in [0.29, 0.717) is 0 Å². The third-order valence-corrected chi connectivity index (χ3v) is 1.55. The number of hydrogen-bond donors (Lipinski definition) is 0. The Balaban J connectivity index is 2.44. The Labute approximate surface area is 54.5 Å². The predicted octanol–water partition coefficient (Wildman–Crippen LogP) is 0.516. The van der Waals surface area contributed by atoms with Gasteiger partial charge >= 0.3 is 0 Å². The van der Waals surface area contributed by atoms with Crippen LogP contribution in [-0.4, -0.2) is 35.0 Å². The SMILES string of the molecule is CC[N+]1=CN(Cl)CC1. The maximum Gasteiger partial charge on any atom is 0.252 e. The van der Waals surface area contributed by atoms with Gasteiger partial charge < -0.3 is 0 Å². The van der Waals surface area contributed by atoms with E-state index in [2.05, 4.69) is 11.5 Å². The summed E-state index contributed by atoms with van der Waals surface area (Å²) in [4.78, 5) is 0. The van der Waals surface area contributed by atoms with Crippen LogP contribution in [0.4, 0.5) is 0 Å². The average molecular weight is 134 g/mol. The first-order valence-electron chi connectivity index (χ1n) is 2.84. The van der Waals surface area contributed by atoms with Gasteiger partial charge in [0.2, 0.25) is 0 Å². The maximum absolute atomic E-state index is 5.62. The smallest absolute Gasteiger partial charge is 0.252 e. The molecule has 0 bridgehead atoms. The molecule has 0 aliphatic carbocycles. The second kappa shape index (κ2) is 2.35. The van der Waals surface area contributed by atoms with Crippen molar-refractivity contribution in [3.63, 3.8) is 0 Å². The molecule has 1 heterocycles. The van der Waals surface area contributed by atoms with Crippen molar-refractivity contribution < 1.29 is 4.58 Å². The van der Waals surface area contributed by atoms with E-state index < -0.39 is 0 Å². The molecule has 0 aromatic heterocycles. The van der Waals surface area contributed by atoms with Gasteiger partial charge in [-0.1, -0.05) is 0 Å². The van der Waals surface area contributed by atoms with E-state index in [1.54, 1.807) is 4.42 Å². The Bertz CT molecular complexity index is 111. The van der Waals surface area contributed by atoms with Gasteiger partial charge in [0, 0.05) is 0 Å². The fourth-order valence-corrected chi connectivity index (χ4v) is 0.955. The normalized spacial score (nSPS) is 19.2. The highest BCUT2D eigenvalue weighted by molar-refractivity contribution is 6.18. The Morgan fingerprint density at radius 3 is 2.88 bits per heavy atom. The summed E-state index contributed by atoms with van der Waals surface area (Å²) < 4.78 is 3.86. The fraction of sp³-hybridized carbons (Fsp3) is 0.800. The van der Waals surface area contributed by atoms with Crippen molar-refractivity contribution in [3.8, 4) is 0 Å². The number of halogens is 1. The molecule has 0 saturated heterocycles. The molecule has 3 heteroatoms. The molecule has 0 unspecified atom stereocenters. The molecule has 0 amide bonds. The van der Waals surface area contributed by atoms with Crippen LogP contribution in [-0.2, 0) is 0 Å². The first-order chi connectivity index (χ1) is 3.83. The lowest BCUT2D eigenvalue weighted by Crippen LogP contribution is -2.07. The summed E-state index contributed by atoms with van der Waals surface area (Å²) in [6.45, 7) is 5.20. The molecule has 0 aromatic rings. The van der Waals surface area contributed by atoms with Crippen molar-refractivity contribution in [2.45, 2.75) is 6.92 Å². The van der Waals surface area contributed by atoms with E-state index in [0.717, 1.165) is 19.6 Å². The van der Waals surface area contributed by atoms with E-state index in [1.165, 1.54) is 0 Å². The van der Waals surface area contributed by atoms with Crippen LogP contribution in [0.15, 0.2) is 0 Å². The van der Waals surface area contributed by atoms with Crippen LogP contribution in [0.3, 0.4) is 0 Å². The van der Waals surface area contributed by atoms with Crippen molar-refractivity contribution in [2.75, 3.05) is 19.6 Å². The first kappa shape index (κ1) is 5.89. The van der Waals surface area contributed by atoms with Gasteiger partial charge in [0.15, 0.2) is 0 Å². The minimum absolute atomic E-state index is 0.954. The second-order valence-electron chi connectivity index (χ2n) is 1.87. The van der Waals surface area contributed by atoms with Crippen molar-refractivity contribution in [2.24, 2.45) is 0 Å². The van der Waals surface area contributed by atoms with Gasteiger partial charge in [-0.2, -0.15) is 4.42 Å². The molecular weight excluding hydrogens is 124 g/mol. The third kappa shape index (κ3) is 1.13. The van der Waals surface area contributed by atoms with Crippen molar-refractivity contribution in [1.82, 2.24) is 4.42 Å². The summed E-state index contributed by atoms with van der Waals surface area (Å²) in [5.74, 6) is 0. The fourth-order valence-electron chi connectivity index (χ4n) is 0.756. The van der Waals surface area contributed by atoms with Gasteiger partial charge in [-0.25, -0.2) is 0 Å². The molecule has 0 aromatic carbocycles. The summed E-state index contributed by atoms with van der Waals surface area (Å²) in [5.41, 5.74) is 0. The molecule has 0 radical (unpaired) electrons. The molecule has 1 rings (SSSR count). The molecule has 0 saturated carbocycles. The molecular formula is C5H10ClN2+. The summed E-state index contributed by atoms with van der Waals surface area (Å²) >= 11 is 5.62. The van der Waals surface area contributed by atoms with Gasteiger partial charge in [0.25, 0.3) is 6.34 Å². The standard InChI is InChI=1S/C5H10ClN2/c1-2-7-3-4-8(6)5-7/h5H,2-4H2,1H3/q+1. The van der Waals surface area contributed by atoms with Crippen LogP contribution < -0.4 is 0 Å². The molecule has 0 N–H and O–H groups in total. The molecule has 1 aliphatic heterocycles. The minimum atomic E-state index is 0.954. The number of hydrogen-bond acceptors (Lipinski definition) is 1. The lowest BCUT2D eigenvalue weighted by molar-refractivity contribution is -0.509. The topological polar surface area (TPSA) is 6.25 Å². The zero-order valence-electron chi connectivity index (χ0n) is 4.97. The molecule has 1 aliphatic rings. The van der Waals surface area contributed by atoms with Gasteiger partial charge in [-0.15, -0.1) is 0 Å². The average Bonchev–Trinajstić information content (AvgIpc) is 2.14. The highest BCUT2D eigenvalue weighted by Gasteiger charge is 2.14. The lowest BCUT2D eigenvalue weighted by atomic mass is 10.6. The Hall–Kier alpha value is -0.240. The molecule has 2 nitrogen and oxygen atoms in total. The first-order valence-corrected chi connectivity index (χ1v) is 3.18. The van der Waals surface area contributed by atoms with Gasteiger partial charge in [-0.3, -0.25) is 4.58 Å². The summed E-state index contributed by atoms with van der Waals surface area (Å²) in [6, 6.07) is 0. The Kier molecular flexibility index (Phi) is 1.73. The Morgan fingerprint density at radius 1 is 1.88 bits per heavy atom. The highest BCUT2D eigenvalue weighted by Crippen LogP contribution is 1.95. The van der Waals surface area contributed by atoms with E-state index in [-0.39, 0.29) is 0 Å². The number of likely N-dealkylation sites (N-methyl/N-ethyl adjacent to an activating group) is 1. The van der Waals surface area contributed by atoms with Gasteiger partial charge in [-0.05, 0) is 6.92 Å². The zero-order valence-corrected chi connectivity index (χ0v) is 5.73. The predicted molar refractivity (Wildman–Crippen MR) is 34.3 cm³/mol. The maximum atomic E-state index is 5.62.